The van der Waals surface area contributed by atoms with Crippen molar-refractivity contribution < 1.29 is 4.79 Å². The summed E-state index contributed by atoms with van der Waals surface area (Å²) in [5.74, 6) is 1.02. The Morgan fingerprint density at radius 3 is 2.61 bits per heavy atom. The maximum atomic E-state index is 12.1. The number of hydrogen-bond donors (Lipinski definition) is 1. The smallest absolute Gasteiger partial charge is 0.223 e. The van der Waals surface area contributed by atoms with Crippen molar-refractivity contribution in [2.45, 2.75) is 32.1 Å². The summed E-state index contributed by atoms with van der Waals surface area (Å²) >= 11 is 0. The summed E-state index contributed by atoms with van der Waals surface area (Å²) in [6.45, 7) is 6.49. The number of likely N-dealkylation sites (tertiary alicyclic amines) is 1. The first-order valence-corrected chi connectivity index (χ1v) is 7.43. The molecule has 1 N–H and O–H groups in total. The molecule has 0 atom stereocenters. The van der Waals surface area contributed by atoms with Crippen molar-refractivity contribution >= 4 is 5.91 Å². The van der Waals surface area contributed by atoms with Gasteiger partial charge in [0.2, 0.25) is 5.91 Å². The van der Waals surface area contributed by atoms with Gasteiger partial charge in [-0.2, -0.15) is 0 Å². The molecule has 0 aromatic rings. The van der Waals surface area contributed by atoms with Gasteiger partial charge in [-0.3, -0.25) is 4.79 Å². The molecule has 0 spiro atoms. The lowest BCUT2D eigenvalue weighted by molar-refractivity contribution is -0.130. The van der Waals surface area contributed by atoms with Gasteiger partial charge in [-0.1, -0.05) is 0 Å². The van der Waals surface area contributed by atoms with E-state index in [-0.39, 0.29) is 0 Å². The highest BCUT2D eigenvalue weighted by molar-refractivity contribution is 5.76. The second-order valence-electron chi connectivity index (χ2n) is 5.77. The molecule has 4 nitrogen and oxygen atoms in total. The molecule has 0 aromatic carbocycles. The molecule has 0 aliphatic carbocycles. The SMILES string of the molecule is CN(CC1CCNCC1)C(=O)CCN1CCCC1. The van der Waals surface area contributed by atoms with Crippen LogP contribution in [0.5, 0.6) is 0 Å². The summed E-state index contributed by atoms with van der Waals surface area (Å²) in [5.41, 5.74) is 0. The quantitative estimate of drug-likeness (QED) is 0.792. The van der Waals surface area contributed by atoms with Crippen LogP contribution in [-0.2, 0) is 4.79 Å². The second kappa shape index (κ2) is 7.10. The van der Waals surface area contributed by atoms with Gasteiger partial charge in [-0.25, -0.2) is 0 Å². The Hall–Kier alpha value is -0.610. The zero-order valence-corrected chi connectivity index (χ0v) is 11.7. The number of carbonyl (C=O) groups is 1. The first-order chi connectivity index (χ1) is 8.75. The third-order valence-electron chi connectivity index (χ3n) is 4.26. The van der Waals surface area contributed by atoms with E-state index in [1.54, 1.807) is 0 Å². The first-order valence-electron chi connectivity index (χ1n) is 7.43. The van der Waals surface area contributed by atoms with Crippen molar-refractivity contribution in [3.8, 4) is 0 Å². The van der Waals surface area contributed by atoms with E-state index in [1.807, 2.05) is 11.9 Å². The predicted octanol–water partition coefficient (Wildman–Crippen LogP) is 0.930. The average Bonchev–Trinajstić information content (AvgIpc) is 2.90. The number of nitrogens with zero attached hydrogens (tertiary/aromatic N) is 2. The van der Waals surface area contributed by atoms with Crippen LogP contribution in [0.15, 0.2) is 0 Å². The zero-order valence-electron chi connectivity index (χ0n) is 11.7. The Labute approximate surface area is 111 Å². The van der Waals surface area contributed by atoms with Crippen LogP contribution in [0.3, 0.4) is 0 Å². The maximum absolute atomic E-state index is 12.1. The molecule has 0 radical (unpaired) electrons. The van der Waals surface area contributed by atoms with E-state index in [2.05, 4.69) is 10.2 Å². The molecule has 0 aromatic heterocycles. The van der Waals surface area contributed by atoms with Crippen LogP contribution < -0.4 is 5.32 Å². The Kier molecular flexibility index (Phi) is 5.45. The minimum absolute atomic E-state index is 0.320. The Bertz CT molecular complexity index is 258. The Morgan fingerprint density at radius 2 is 1.94 bits per heavy atom. The summed E-state index contributed by atoms with van der Waals surface area (Å²) in [5, 5.41) is 3.37. The highest BCUT2D eigenvalue weighted by Gasteiger charge is 2.19. The molecule has 18 heavy (non-hydrogen) atoms. The van der Waals surface area contributed by atoms with Gasteiger partial charge in [0.1, 0.15) is 0 Å². The zero-order chi connectivity index (χ0) is 12.8. The molecule has 4 heteroatoms. The molecule has 2 saturated heterocycles. The first kappa shape index (κ1) is 13.8. The van der Waals surface area contributed by atoms with Crippen molar-refractivity contribution in [1.29, 1.82) is 0 Å². The van der Waals surface area contributed by atoms with E-state index in [4.69, 9.17) is 0 Å². The molecule has 104 valence electrons. The van der Waals surface area contributed by atoms with Gasteiger partial charge in [0.05, 0.1) is 0 Å². The number of carbonyl (C=O) groups excluding carboxylic acids is 1. The minimum atomic E-state index is 0.320. The molecule has 0 unspecified atom stereocenters. The number of rotatable bonds is 5. The van der Waals surface area contributed by atoms with Gasteiger partial charge in [-0.05, 0) is 57.8 Å². The summed E-state index contributed by atoms with van der Waals surface area (Å²) in [6, 6.07) is 0. The molecule has 2 fully saturated rings. The van der Waals surface area contributed by atoms with Crippen molar-refractivity contribution in [3.63, 3.8) is 0 Å². The van der Waals surface area contributed by atoms with Crippen LogP contribution in [0.2, 0.25) is 0 Å². The highest BCUT2D eigenvalue weighted by atomic mass is 16.2. The van der Waals surface area contributed by atoms with Crippen LogP contribution >= 0.6 is 0 Å². The second-order valence-corrected chi connectivity index (χ2v) is 5.77. The van der Waals surface area contributed by atoms with E-state index >= 15 is 0 Å². The van der Waals surface area contributed by atoms with Gasteiger partial charge in [0.25, 0.3) is 0 Å². The lowest BCUT2D eigenvalue weighted by Gasteiger charge is -2.28. The standard InChI is InChI=1S/C14H27N3O/c1-16(12-13-4-7-15-8-5-13)14(18)6-11-17-9-2-3-10-17/h13,15H,2-12H2,1H3. The monoisotopic (exact) mass is 253 g/mol. The van der Waals surface area contributed by atoms with Crippen LogP contribution in [-0.4, -0.2) is 62.0 Å². The van der Waals surface area contributed by atoms with E-state index in [9.17, 15) is 4.79 Å². The number of amides is 1. The van der Waals surface area contributed by atoms with Gasteiger partial charge < -0.3 is 15.1 Å². The van der Waals surface area contributed by atoms with Crippen LogP contribution in [0.25, 0.3) is 0 Å². The van der Waals surface area contributed by atoms with Crippen molar-refractivity contribution in [3.05, 3.63) is 0 Å². The van der Waals surface area contributed by atoms with E-state index in [1.165, 1.54) is 38.8 Å². The fourth-order valence-electron chi connectivity index (χ4n) is 3.00. The lowest BCUT2D eigenvalue weighted by Crippen LogP contribution is -2.38. The van der Waals surface area contributed by atoms with Crippen LogP contribution in [0.1, 0.15) is 32.1 Å². The van der Waals surface area contributed by atoms with Crippen molar-refractivity contribution in [2.24, 2.45) is 5.92 Å². The molecule has 0 bridgehead atoms. The largest absolute Gasteiger partial charge is 0.345 e. The lowest BCUT2D eigenvalue weighted by atomic mass is 9.97. The normalized spacial score (nSPS) is 22.3. The molecular weight excluding hydrogens is 226 g/mol. The fourth-order valence-corrected chi connectivity index (χ4v) is 3.00. The summed E-state index contributed by atoms with van der Waals surface area (Å²) in [4.78, 5) is 16.4. The molecule has 2 heterocycles. The van der Waals surface area contributed by atoms with E-state index < -0.39 is 0 Å². The average molecular weight is 253 g/mol. The summed E-state index contributed by atoms with van der Waals surface area (Å²) in [7, 11) is 1.97. The molecule has 0 saturated carbocycles. The third-order valence-corrected chi connectivity index (χ3v) is 4.26. The number of nitrogens with one attached hydrogen (secondary N) is 1. The van der Waals surface area contributed by atoms with Crippen LogP contribution in [0, 0.1) is 5.92 Å². The number of piperidine rings is 1. The van der Waals surface area contributed by atoms with Crippen molar-refractivity contribution in [1.82, 2.24) is 15.1 Å². The van der Waals surface area contributed by atoms with Gasteiger partial charge >= 0.3 is 0 Å². The minimum Gasteiger partial charge on any atom is -0.345 e. The molecule has 2 aliphatic rings. The predicted molar refractivity (Wildman–Crippen MR) is 73.5 cm³/mol. The van der Waals surface area contributed by atoms with Crippen LogP contribution in [0.4, 0.5) is 0 Å². The Balaban J connectivity index is 1.63. The van der Waals surface area contributed by atoms with E-state index in [0.29, 0.717) is 18.2 Å². The third kappa shape index (κ3) is 4.25. The van der Waals surface area contributed by atoms with E-state index in [0.717, 1.165) is 26.2 Å². The topological polar surface area (TPSA) is 35.6 Å². The number of hydrogen-bond acceptors (Lipinski definition) is 3. The highest BCUT2D eigenvalue weighted by Crippen LogP contribution is 2.13. The Morgan fingerprint density at radius 1 is 1.28 bits per heavy atom. The van der Waals surface area contributed by atoms with Gasteiger partial charge in [-0.15, -0.1) is 0 Å². The molecule has 2 aliphatic heterocycles. The summed E-state index contributed by atoms with van der Waals surface area (Å²) in [6.07, 6.45) is 5.73. The molecule has 2 rings (SSSR count). The van der Waals surface area contributed by atoms with Gasteiger partial charge in [0, 0.05) is 26.6 Å². The maximum Gasteiger partial charge on any atom is 0.223 e. The fraction of sp³-hybridized carbons (Fsp3) is 0.929. The van der Waals surface area contributed by atoms with Crippen molar-refractivity contribution in [2.75, 3.05) is 46.3 Å². The molecular formula is C14H27N3O. The molecule has 1 amide bonds. The summed E-state index contributed by atoms with van der Waals surface area (Å²) < 4.78 is 0. The van der Waals surface area contributed by atoms with Gasteiger partial charge in [0.15, 0.2) is 0 Å².